The van der Waals surface area contributed by atoms with Crippen molar-refractivity contribution >= 4 is 39.8 Å². The highest BCUT2D eigenvalue weighted by atomic mass is 79.9. The lowest BCUT2D eigenvalue weighted by atomic mass is 9.76. The van der Waals surface area contributed by atoms with Gasteiger partial charge in [-0.25, -0.2) is 0 Å². The van der Waals surface area contributed by atoms with Crippen LogP contribution in [0.25, 0.3) is 0 Å². The summed E-state index contributed by atoms with van der Waals surface area (Å²) in [7, 11) is -0.741. The highest BCUT2D eigenvalue weighted by Crippen LogP contribution is 2.52. The fourth-order valence-electron chi connectivity index (χ4n) is 4.23. The molecule has 148 valence electrons. The molecule has 0 radical (unpaired) electrons. The van der Waals surface area contributed by atoms with Gasteiger partial charge in [-0.3, -0.25) is 0 Å². The maximum absolute atomic E-state index is 6.67. The maximum Gasteiger partial charge on any atom is 0.145 e. The summed E-state index contributed by atoms with van der Waals surface area (Å²) >= 11 is 3.72. The molecule has 0 saturated heterocycles. The molecule has 4 aromatic rings. The number of hydrogen-bond donors (Lipinski definition) is 0. The Morgan fingerprint density at radius 3 is 1.77 bits per heavy atom. The van der Waals surface area contributed by atoms with Crippen molar-refractivity contribution in [1.82, 2.24) is 0 Å². The van der Waals surface area contributed by atoms with Crippen molar-refractivity contribution < 1.29 is 4.74 Å². The molecule has 3 heteroatoms. The van der Waals surface area contributed by atoms with E-state index in [2.05, 4.69) is 127 Å². The van der Waals surface area contributed by atoms with Crippen LogP contribution >= 0.6 is 23.9 Å². The average Bonchev–Trinajstić information content (AvgIpc) is 2.77. The van der Waals surface area contributed by atoms with Crippen molar-refractivity contribution in [3.05, 3.63) is 113 Å². The zero-order valence-corrected chi connectivity index (χ0v) is 19.5. The van der Waals surface area contributed by atoms with Crippen molar-refractivity contribution in [2.75, 3.05) is 0 Å². The molecule has 1 aliphatic rings. The Morgan fingerprint density at radius 2 is 1.17 bits per heavy atom. The van der Waals surface area contributed by atoms with Crippen LogP contribution in [-0.4, -0.2) is 0 Å². The van der Waals surface area contributed by atoms with E-state index in [0.717, 1.165) is 16.0 Å². The molecule has 1 aliphatic heterocycles. The molecule has 0 amide bonds. The third-order valence-corrected chi connectivity index (χ3v) is 8.87. The van der Waals surface area contributed by atoms with Crippen LogP contribution in [0.1, 0.15) is 25.0 Å². The van der Waals surface area contributed by atoms with E-state index in [-0.39, 0.29) is 5.41 Å². The average molecular weight is 473 g/mol. The first kappa shape index (κ1) is 19.5. The molecule has 0 aromatic heterocycles. The summed E-state index contributed by atoms with van der Waals surface area (Å²) in [5.74, 6) is 1.93. The van der Waals surface area contributed by atoms with Gasteiger partial charge in [0.15, 0.2) is 0 Å². The van der Waals surface area contributed by atoms with E-state index in [4.69, 9.17) is 4.74 Å². The van der Waals surface area contributed by atoms with E-state index >= 15 is 0 Å². The predicted octanol–water partition coefficient (Wildman–Crippen LogP) is 6.64. The molecule has 0 atom stereocenters. The van der Waals surface area contributed by atoms with Gasteiger partial charge in [-0.15, -0.1) is 0 Å². The monoisotopic (exact) mass is 472 g/mol. The lowest BCUT2D eigenvalue weighted by Crippen LogP contribution is -2.29. The predicted molar refractivity (Wildman–Crippen MR) is 131 cm³/mol. The SMILES string of the molecule is CC1(C)c2cccc(Br)c2Oc2c(P(c3ccccc3)c3ccccc3)cccc21. The van der Waals surface area contributed by atoms with Gasteiger partial charge in [0.05, 0.1) is 4.47 Å². The second-order valence-corrected chi connectivity index (χ2v) is 11.0. The van der Waals surface area contributed by atoms with Gasteiger partial charge >= 0.3 is 0 Å². The van der Waals surface area contributed by atoms with Crippen LogP contribution in [0.4, 0.5) is 0 Å². The van der Waals surface area contributed by atoms with Gasteiger partial charge in [-0.05, 0) is 40.5 Å². The van der Waals surface area contributed by atoms with E-state index < -0.39 is 7.92 Å². The van der Waals surface area contributed by atoms with Gasteiger partial charge in [0, 0.05) is 21.8 Å². The number of halogens is 1. The van der Waals surface area contributed by atoms with Crippen molar-refractivity contribution in [2.24, 2.45) is 0 Å². The van der Waals surface area contributed by atoms with Crippen molar-refractivity contribution in [3.63, 3.8) is 0 Å². The Bertz CT molecular complexity index is 1160. The Balaban J connectivity index is 1.76. The zero-order chi connectivity index (χ0) is 20.7. The number of rotatable bonds is 3. The summed E-state index contributed by atoms with van der Waals surface area (Å²) in [6, 6.07) is 34.5. The Labute approximate surface area is 187 Å². The summed E-state index contributed by atoms with van der Waals surface area (Å²) in [5, 5.41) is 3.91. The molecular formula is C27H22BrOP. The van der Waals surface area contributed by atoms with Crippen molar-refractivity contribution in [3.8, 4) is 11.5 Å². The van der Waals surface area contributed by atoms with E-state index in [1.807, 2.05) is 0 Å². The van der Waals surface area contributed by atoms with Gasteiger partial charge in [-0.1, -0.05) is 105 Å². The first-order chi connectivity index (χ1) is 14.6. The van der Waals surface area contributed by atoms with Crippen LogP contribution in [-0.2, 0) is 5.41 Å². The van der Waals surface area contributed by atoms with Crippen LogP contribution in [0, 0.1) is 0 Å². The lowest BCUT2D eigenvalue weighted by Gasteiger charge is -2.37. The summed E-state index contributed by atoms with van der Waals surface area (Å²) in [5.41, 5.74) is 2.31. The third-order valence-electron chi connectivity index (χ3n) is 5.78. The molecule has 4 aromatic carbocycles. The maximum atomic E-state index is 6.67. The fourth-order valence-corrected chi connectivity index (χ4v) is 7.08. The van der Waals surface area contributed by atoms with Crippen molar-refractivity contribution in [2.45, 2.75) is 19.3 Å². The largest absolute Gasteiger partial charge is 0.455 e. The minimum Gasteiger partial charge on any atom is -0.455 e. The molecule has 0 saturated carbocycles. The van der Waals surface area contributed by atoms with E-state index in [9.17, 15) is 0 Å². The summed E-state index contributed by atoms with van der Waals surface area (Å²) in [6.45, 7) is 4.58. The van der Waals surface area contributed by atoms with Crippen LogP contribution in [0.2, 0.25) is 0 Å². The highest BCUT2D eigenvalue weighted by molar-refractivity contribution is 9.10. The van der Waals surface area contributed by atoms with Gasteiger partial charge in [0.1, 0.15) is 11.5 Å². The van der Waals surface area contributed by atoms with Crippen LogP contribution in [0.15, 0.2) is 102 Å². The molecule has 1 nitrogen and oxygen atoms in total. The highest BCUT2D eigenvalue weighted by Gasteiger charge is 2.37. The fraction of sp³-hybridized carbons (Fsp3) is 0.111. The lowest BCUT2D eigenvalue weighted by molar-refractivity contribution is 0.419. The van der Waals surface area contributed by atoms with Crippen LogP contribution < -0.4 is 20.7 Å². The van der Waals surface area contributed by atoms with E-state index in [1.54, 1.807) is 0 Å². The molecule has 0 spiro atoms. The summed E-state index contributed by atoms with van der Waals surface area (Å²) in [6.07, 6.45) is 0. The topological polar surface area (TPSA) is 9.23 Å². The summed E-state index contributed by atoms with van der Waals surface area (Å²) < 4.78 is 7.67. The van der Waals surface area contributed by atoms with Gasteiger partial charge in [-0.2, -0.15) is 0 Å². The number of hydrogen-bond acceptors (Lipinski definition) is 1. The number of fused-ring (bicyclic) bond motifs is 2. The zero-order valence-electron chi connectivity index (χ0n) is 17.0. The molecule has 0 bridgehead atoms. The normalized spacial score (nSPS) is 14.0. The molecule has 0 aliphatic carbocycles. The molecule has 0 N–H and O–H groups in total. The molecule has 5 rings (SSSR count). The molecule has 0 fully saturated rings. The minimum atomic E-state index is -0.741. The summed E-state index contributed by atoms with van der Waals surface area (Å²) in [4.78, 5) is 0. The molecule has 0 unspecified atom stereocenters. The number of para-hydroxylation sites is 2. The second kappa shape index (κ2) is 7.69. The quantitative estimate of drug-likeness (QED) is 0.303. The number of benzene rings is 4. The molecule has 1 heterocycles. The van der Waals surface area contributed by atoms with Gasteiger partial charge in [0.2, 0.25) is 0 Å². The van der Waals surface area contributed by atoms with Gasteiger partial charge < -0.3 is 4.74 Å². The minimum absolute atomic E-state index is 0.142. The Kier molecular flexibility index (Phi) is 5.01. The molecular weight excluding hydrogens is 451 g/mol. The van der Waals surface area contributed by atoms with Crippen LogP contribution in [0.5, 0.6) is 11.5 Å². The Hall–Kier alpha value is -2.41. The van der Waals surface area contributed by atoms with Crippen molar-refractivity contribution in [1.29, 1.82) is 0 Å². The molecule has 30 heavy (non-hydrogen) atoms. The van der Waals surface area contributed by atoms with Crippen LogP contribution in [0.3, 0.4) is 0 Å². The number of ether oxygens (including phenoxy) is 1. The first-order valence-corrected chi connectivity index (χ1v) is 12.2. The third kappa shape index (κ3) is 3.20. The first-order valence-electron chi connectivity index (χ1n) is 10.1. The van der Waals surface area contributed by atoms with Gasteiger partial charge in [0.25, 0.3) is 0 Å². The Morgan fingerprint density at radius 1 is 0.633 bits per heavy atom. The second-order valence-electron chi connectivity index (χ2n) is 8.00. The van der Waals surface area contributed by atoms with E-state index in [1.165, 1.54) is 27.0 Å². The smallest absolute Gasteiger partial charge is 0.145 e. The van der Waals surface area contributed by atoms with E-state index in [0.29, 0.717) is 0 Å². The standard InChI is InChI=1S/C27H22BrOP/c1-27(2)21-15-9-17-23(28)25(21)29-26-22(27)16-10-18-24(26)30(19-11-5-3-6-12-19)20-13-7-4-8-14-20/h3-18H,1-2H3.